The van der Waals surface area contributed by atoms with Crippen LogP contribution in [0.1, 0.15) is 27.9 Å². The Labute approximate surface area is 100 Å². The molecule has 0 amide bonds. The molecule has 2 aromatic rings. The zero-order valence-electron chi connectivity index (χ0n) is 10.1. The second-order valence-corrected chi connectivity index (χ2v) is 4.92. The molecule has 0 saturated carbocycles. The highest BCUT2D eigenvalue weighted by Gasteiger charge is 2.20. The van der Waals surface area contributed by atoms with Crippen LogP contribution >= 0.6 is 11.3 Å². The fourth-order valence-electron chi connectivity index (χ4n) is 2.09. The Bertz CT molecular complexity index is 471. The monoisotopic (exact) mass is 235 g/mol. The number of aromatic nitrogens is 2. The van der Waals surface area contributed by atoms with E-state index in [9.17, 15) is 0 Å². The smallest absolute Gasteiger partial charge is 0.0705 e. The lowest BCUT2D eigenvalue weighted by atomic mass is 10.0. The molecule has 2 aromatic heterocycles. The molecule has 2 rings (SSSR count). The average Bonchev–Trinajstić information content (AvgIpc) is 2.84. The molecular weight excluding hydrogens is 218 g/mol. The van der Waals surface area contributed by atoms with Crippen LogP contribution in [0.5, 0.6) is 0 Å². The van der Waals surface area contributed by atoms with E-state index in [1.54, 1.807) is 11.3 Å². The predicted molar refractivity (Wildman–Crippen MR) is 67.9 cm³/mol. The van der Waals surface area contributed by atoms with Gasteiger partial charge >= 0.3 is 0 Å². The molecule has 16 heavy (non-hydrogen) atoms. The maximum atomic E-state index is 4.47. The number of thiophene rings is 1. The summed E-state index contributed by atoms with van der Waals surface area (Å²) in [5, 5.41) is 9.96. The molecule has 1 atom stereocenters. The van der Waals surface area contributed by atoms with Gasteiger partial charge in [-0.15, -0.1) is 11.3 Å². The lowest BCUT2D eigenvalue weighted by Crippen LogP contribution is -2.18. The van der Waals surface area contributed by atoms with Crippen molar-refractivity contribution in [3.05, 3.63) is 39.3 Å². The number of rotatable bonds is 3. The first-order chi connectivity index (χ1) is 7.65. The maximum Gasteiger partial charge on any atom is 0.0705 e. The lowest BCUT2D eigenvalue weighted by Gasteiger charge is -2.15. The van der Waals surface area contributed by atoms with E-state index < -0.39 is 0 Å². The van der Waals surface area contributed by atoms with Gasteiger partial charge in [0.15, 0.2) is 0 Å². The summed E-state index contributed by atoms with van der Waals surface area (Å²) in [5.74, 6) is 0. The Morgan fingerprint density at radius 1 is 1.44 bits per heavy atom. The molecule has 2 heterocycles. The molecule has 0 spiro atoms. The van der Waals surface area contributed by atoms with Crippen LogP contribution in [-0.2, 0) is 7.05 Å². The van der Waals surface area contributed by atoms with Crippen molar-refractivity contribution < 1.29 is 0 Å². The molecule has 0 bridgehead atoms. The van der Waals surface area contributed by atoms with Gasteiger partial charge in [-0.05, 0) is 32.3 Å². The van der Waals surface area contributed by atoms with E-state index in [4.69, 9.17) is 0 Å². The Morgan fingerprint density at radius 2 is 2.19 bits per heavy atom. The normalized spacial score (nSPS) is 13.0. The molecule has 0 saturated heterocycles. The summed E-state index contributed by atoms with van der Waals surface area (Å²) in [6, 6.07) is 4.51. The first-order valence-corrected chi connectivity index (χ1v) is 6.24. The van der Waals surface area contributed by atoms with Gasteiger partial charge in [0.2, 0.25) is 0 Å². The van der Waals surface area contributed by atoms with E-state index in [2.05, 4.69) is 41.8 Å². The number of aryl methyl sites for hydroxylation is 2. The van der Waals surface area contributed by atoms with Gasteiger partial charge in [-0.2, -0.15) is 5.10 Å². The summed E-state index contributed by atoms with van der Waals surface area (Å²) in [7, 11) is 3.99. The Kier molecular flexibility index (Phi) is 3.12. The second-order valence-electron chi connectivity index (χ2n) is 3.95. The molecule has 3 nitrogen and oxygen atoms in total. The van der Waals surface area contributed by atoms with Crippen LogP contribution in [0, 0.1) is 13.8 Å². The van der Waals surface area contributed by atoms with Crippen LogP contribution in [0.2, 0.25) is 0 Å². The van der Waals surface area contributed by atoms with E-state index in [0.29, 0.717) is 0 Å². The minimum absolute atomic E-state index is 0.258. The average molecular weight is 235 g/mol. The molecule has 0 aliphatic rings. The number of hydrogen-bond acceptors (Lipinski definition) is 3. The predicted octanol–water partition coefficient (Wildman–Crippen LogP) is 2.41. The van der Waals surface area contributed by atoms with Gasteiger partial charge < -0.3 is 5.32 Å². The van der Waals surface area contributed by atoms with Crippen LogP contribution in [0.3, 0.4) is 0 Å². The Morgan fingerprint density at radius 3 is 2.62 bits per heavy atom. The number of nitrogens with one attached hydrogen (secondary N) is 1. The fourth-order valence-corrected chi connectivity index (χ4v) is 2.94. The van der Waals surface area contributed by atoms with E-state index in [1.165, 1.54) is 16.1 Å². The summed E-state index contributed by atoms with van der Waals surface area (Å²) in [6.45, 7) is 4.19. The third kappa shape index (κ3) is 1.79. The van der Waals surface area contributed by atoms with Gasteiger partial charge in [0, 0.05) is 23.2 Å². The van der Waals surface area contributed by atoms with Crippen molar-refractivity contribution in [1.29, 1.82) is 0 Å². The molecule has 86 valence electrons. The minimum Gasteiger partial charge on any atom is -0.309 e. The van der Waals surface area contributed by atoms with Gasteiger partial charge in [-0.3, -0.25) is 4.68 Å². The first kappa shape index (κ1) is 11.4. The maximum absolute atomic E-state index is 4.47. The van der Waals surface area contributed by atoms with Crippen molar-refractivity contribution in [2.24, 2.45) is 7.05 Å². The van der Waals surface area contributed by atoms with E-state index in [1.807, 2.05) is 18.8 Å². The third-order valence-corrected chi connectivity index (χ3v) is 3.91. The largest absolute Gasteiger partial charge is 0.309 e. The van der Waals surface area contributed by atoms with E-state index in [-0.39, 0.29) is 6.04 Å². The van der Waals surface area contributed by atoms with Gasteiger partial charge in [-0.1, -0.05) is 6.07 Å². The first-order valence-electron chi connectivity index (χ1n) is 5.36. The molecule has 0 aromatic carbocycles. The molecule has 1 unspecified atom stereocenters. The van der Waals surface area contributed by atoms with Crippen molar-refractivity contribution >= 4 is 11.3 Å². The van der Waals surface area contributed by atoms with E-state index >= 15 is 0 Å². The molecule has 0 aliphatic heterocycles. The van der Waals surface area contributed by atoms with E-state index in [0.717, 1.165) is 5.69 Å². The summed E-state index contributed by atoms with van der Waals surface area (Å²) < 4.78 is 1.95. The highest BCUT2D eigenvalue weighted by molar-refractivity contribution is 7.10. The van der Waals surface area contributed by atoms with Crippen molar-refractivity contribution in [2.45, 2.75) is 19.9 Å². The van der Waals surface area contributed by atoms with Crippen LogP contribution < -0.4 is 5.32 Å². The molecule has 0 fully saturated rings. The molecule has 0 aliphatic carbocycles. The SMILES string of the molecule is CNC(c1cccs1)c1c(C)nn(C)c1C. The quantitative estimate of drug-likeness (QED) is 0.885. The van der Waals surface area contributed by atoms with Crippen LogP contribution in [0.25, 0.3) is 0 Å². The van der Waals surface area contributed by atoms with Crippen molar-refractivity contribution in [1.82, 2.24) is 15.1 Å². The van der Waals surface area contributed by atoms with Gasteiger partial charge in [0.25, 0.3) is 0 Å². The van der Waals surface area contributed by atoms with Gasteiger partial charge in [0.1, 0.15) is 0 Å². The van der Waals surface area contributed by atoms with Crippen molar-refractivity contribution in [3.8, 4) is 0 Å². The Balaban J connectivity index is 2.49. The summed E-state index contributed by atoms with van der Waals surface area (Å²) in [4.78, 5) is 1.33. The molecular formula is C12H17N3S. The van der Waals surface area contributed by atoms with Crippen LogP contribution in [0.4, 0.5) is 0 Å². The lowest BCUT2D eigenvalue weighted by molar-refractivity contribution is 0.688. The summed E-state index contributed by atoms with van der Waals surface area (Å²) in [6.07, 6.45) is 0. The van der Waals surface area contributed by atoms with Crippen molar-refractivity contribution in [2.75, 3.05) is 7.05 Å². The molecule has 4 heteroatoms. The van der Waals surface area contributed by atoms with Crippen LogP contribution in [0.15, 0.2) is 17.5 Å². The standard InChI is InChI=1S/C12H17N3S/c1-8-11(9(2)15(4)14-8)12(13-3)10-6-5-7-16-10/h5-7,12-13H,1-4H3. The zero-order chi connectivity index (χ0) is 11.7. The molecule has 0 radical (unpaired) electrons. The second kappa shape index (κ2) is 4.39. The highest BCUT2D eigenvalue weighted by Crippen LogP contribution is 2.29. The number of hydrogen-bond donors (Lipinski definition) is 1. The van der Waals surface area contributed by atoms with Crippen molar-refractivity contribution in [3.63, 3.8) is 0 Å². The Hall–Kier alpha value is -1.13. The summed E-state index contributed by atoms with van der Waals surface area (Å²) in [5.41, 5.74) is 3.63. The highest BCUT2D eigenvalue weighted by atomic mass is 32.1. The zero-order valence-corrected chi connectivity index (χ0v) is 10.9. The fraction of sp³-hybridized carbons (Fsp3) is 0.417. The third-order valence-electron chi connectivity index (χ3n) is 2.97. The van der Waals surface area contributed by atoms with Gasteiger partial charge in [0.05, 0.1) is 11.7 Å². The topological polar surface area (TPSA) is 29.9 Å². The van der Waals surface area contributed by atoms with Gasteiger partial charge in [-0.25, -0.2) is 0 Å². The minimum atomic E-state index is 0.258. The van der Waals surface area contributed by atoms with Crippen LogP contribution in [-0.4, -0.2) is 16.8 Å². The molecule has 1 N–H and O–H groups in total. The summed E-state index contributed by atoms with van der Waals surface area (Å²) >= 11 is 1.78. The number of nitrogens with zero attached hydrogens (tertiary/aromatic N) is 2.